The Morgan fingerprint density at radius 3 is 0.934 bits per heavy atom. The summed E-state index contributed by atoms with van der Waals surface area (Å²) in [6, 6.07) is 0. The first kappa shape index (κ1) is 59.4. The van der Waals surface area contributed by atoms with Crippen molar-refractivity contribution >= 4 is 17.9 Å². The minimum atomic E-state index is -0.762. The highest BCUT2D eigenvalue weighted by molar-refractivity contribution is 5.71. The van der Waals surface area contributed by atoms with Crippen LogP contribution in [0.1, 0.15) is 304 Å². The van der Waals surface area contributed by atoms with Gasteiger partial charge < -0.3 is 14.2 Å². The van der Waals surface area contributed by atoms with Crippen molar-refractivity contribution < 1.29 is 28.6 Å². The van der Waals surface area contributed by atoms with Gasteiger partial charge >= 0.3 is 17.9 Å². The molecule has 0 aliphatic rings. The van der Waals surface area contributed by atoms with Crippen molar-refractivity contribution in [2.45, 2.75) is 310 Å². The predicted octanol–water partition coefficient (Wildman–Crippen LogP) is 17.7. The lowest BCUT2D eigenvalue weighted by Gasteiger charge is -2.18. The summed E-state index contributed by atoms with van der Waals surface area (Å²) >= 11 is 0. The van der Waals surface area contributed by atoms with Crippen LogP contribution in [0.25, 0.3) is 0 Å². The maximum atomic E-state index is 12.8. The highest BCUT2D eigenvalue weighted by atomic mass is 16.6. The summed E-state index contributed by atoms with van der Waals surface area (Å²) < 4.78 is 16.8. The molecule has 0 aromatic heterocycles. The van der Waals surface area contributed by atoms with E-state index in [4.69, 9.17) is 14.2 Å². The van der Waals surface area contributed by atoms with E-state index >= 15 is 0 Å². The van der Waals surface area contributed by atoms with Crippen molar-refractivity contribution in [1.82, 2.24) is 0 Å². The van der Waals surface area contributed by atoms with Crippen LogP contribution >= 0.6 is 0 Å². The van der Waals surface area contributed by atoms with E-state index in [0.29, 0.717) is 19.3 Å². The van der Waals surface area contributed by atoms with E-state index in [1.165, 1.54) is 193 Å². The van der Waals surface area contributed by atoms with Gasteiger partial charge in [-0.05, 0) is 31.1 Å². The largest absolute Gasteiger partial charge is 0.462 e. The fraction of sp³-hybridized carbons (Fsp3) is 0.945. The molecule has 0 N–H and O–H groups in total. The lowest BCUT2D eigenvalue weighted by atomic mass is 9.99. The van der Waals surface area contributed by atoms with E-state index in [1.807, 2.05) is 0 Å². The molecule has 362 valence electrons. The highest BCUT2D eigenvalue weighted by Crippen LogP contribution is 2.18. The Hall–Kier alpha value is -1.59. The van der Waals surface area contributed by atoms with Crippen LogP contribution in [0.3, 0.4) is 0 Å². The topological polar surface area (TPSA) is 78.9 Å². The van der Waals surface area contributed by atoms with Gasteiger partial charge in [-0.15, -0.1) is 0 Å². The van der Waals surface area contributed by atoms with Gasteiger partial charge in [-0.2, -0.15) is 0 Å². The molecular formula is C55H106O6. The molecule has 0 amide bonds. The summed E-state index contributed by atoms with van der Waals surface area (Å²) in [5.74, 6) is 0.808. The van der Waals surface area contributed by atoms with Crippen LogP contribution in [0.4, 0.5) is 0 Å². The molecule has 0 aromatic rings. The van der Waals surface area contributed by atoms with E-state index < -0.39 is 6.10 Å². The smallest absolute Gasteiger partial charge is 0.306 e. The zero-order chi connectivity index (χ0) is 44.7. The summed E-state index contributed by atoms with van der Waals surface area (Å²) in [6.07, 6.45) is 49.5. The van der Waals surface area contributed by atoms with Gasteiger partial charge in [0, 0.05) is 19.3 Å². The third-order valence-electron chi connectivity index (χ3n) is 12.8. The highest BCUT2D eigenvalue weighted by Gasteiger charge is 2.19. The van der Waals surface area contributed by atoms with Gasteiger partial charge in [0.25, 0.3) is 0 Å². The van der Waals surface area contributed by atoms with E-state index in [9.17, 15) is 14.4 Å². The summed E-state index contributed by atoms with van der Waals surface area (Å²) in [6.45, 7) is 11.4. The van der Waals surface area contributed by atoms with Crippen LogP contribution in [0.2, 0.25) is 0 Å². The standard InChI is InChI=1S/C55H106O6/c1-6-8-9-10-11-12-13-14-15-16-17-18-19-20-21-24-32-37-42-47-55(58)61-52(48-59-53(56)45-40-35-30-25-22-23-28-33-38-43-50(3)4)49-60-54(57)46-41-36-31-27-26-29-34-39-44-51(5)7-2/h50-52H,6-49H2,1-5H3/t51?,52-/m1/s1. The molecule has 0 saturated heterocycles. The molecule has 0 saturated carbocycles. The zero-order valence-corrected chi connectivity index (χ0v) is 41.8. The molecular weight excluding hydrogens is 757 g/mol. The van der Waals surface area contributed by atoms with Crippen molar-refractivity contribution in [3.63, 3.8) is 0 Å². The fourth-order valence-electron chi connectivity index (χ4n) is 8.31. The lowest BCUT2D eigenvalue weighted by molar-refractivity contribution is -0.167. The van der Waals surface area contributed by atoms with Crippen molar-refractivity contribution in [3.05, 3.63) is 0 Å². The van der Waals surface area contributed by atoms with Gasteiger partial charge in [0.2, 0.25) is 0 Å². The van der Waals surface area contributed by atoms with Crippen molar-refractivity contribution in [1.29, 1.82) is 0 Å². The molecule has 0 aromatic carbocycles. The number of unbranched alkanes of at least 4 members (excludes halogenated alkanes) is 33. The Morgan fingerprint density at radius 2 is 0.623 bits per heavy atom. The van der Waals surface area contributed by atoms with Gasteiger partial charge in [-0.25, -0.2) is 0 Å². The van der Waals surface area contributed by atoms with Crippen molar-refractivity contribution in [3.8, 4) is 0 Å². The second kappa shape index (κ2) is 47.9. The number of hydrogen-bond donors (Lipinski definition) is 0. The van der Waals surface area contributed by atoms with E-state index in [1.54, 1.807) is 0 Å². The molecule has 2 atom stereocenters. The van der Waals surface area contributed by atoms with Gasteiger partial charge in [-0.3, -0.25) is 14.4 Å². The normalized spacial score (nSPS) is 12.5. The Bertz CT molecular complexity index is 933. The fourth-order valence-corrected chi connectivity index (χ4v) is 8.31. The maximum Gasteiger partial charge on any atom is 0.306 e. The Labute approximate surface area is 380 Å². The monoisotopic (exact) mass is 863 g/mol. The first-order valence-corrected chi connectivity index (χ1v) is 27.3. The van der Waals surface area contributed by atoms with Crippen LogP contribution in [0.15, 0.2) is 0 Å². The first-order valence-electron chi connectivity index (χ1n) is 27.3. The Morgan fingerprint density at radius 1 is 0.344 bits per heavy atom. The third kappa shape index (κ3) is 47.7. The molecule has 1 unspecified atom stereocenters. The molecule has 0 spiro atoms. The number of ether oxygens (including phenoxy) is 3. The minimum Gasteiger partial charge on any atom is -0.462 e. The average molecular weight is 863 g/mol. The van der Waals surface area contributed by atoms with E-state index in [-0.39, 0.29) is 31.1 Å². The second-order valence-electron chi connectivity index (χ2n) is 19.6. The van der Waals surface area contributed by atoms with Crippen molar-refractivity contribution in [2.24, 2.45) is 11.8 Å². The number of esters is 3. The summed E-state index contributed by atoms with van der Waals surface area (Å²) in [7, 11) is 0. The summed E-state index contributed by atoms with van der Waals surface area (Å²) in [4.78, 5) is 38.0. The molecule has 6 nitrogen and oxygen atoms in total. The Kier molecular flexibility index (Phi) is 46.6. The van der Waals surface area contributed by atoms with Gasteiger partial charge in [0.1, 0.15) is 13.2 Å². The molecule has 0 rings (SSSR count). The Balaban J connectivity index is 4.28. The molecule has 61 heavy (non-hydrogen) atoms. The van der Waals surface area contributed by atoms with E-state index in [2.05, 4.69) is 34.6 Å². The van der Waals surface area contributed by atoms with E-state index in [0.717, 1.165) is 69.6 Å². The number of hydrogen-bond acceptors (Lipinski definition) is 6. The van der Waals surface area contributed by atoms with Crippen LogP contribution in [-0.2, 0) is 28.6 Å². The lowest BCUT2D eigenvalue weighted by Crippen LogP contribution is -2.30. The summed E-state index contributed by atoms with van der Waals surface area (Å²) in [5, 5.41) is 0. The van der Waals surface area contributed by atoms with Crippen molar-refractivity contribution in [2.75, 3.05) is 13.2 Å². The second-order valence-corrected chi connectivity index (χ2v) is 19.6. The molecule has 6 heteroatoms. The average Bonchev–Trinajstić information content (AvgIpc) is 3.24. The molecule has 0 aliphatic heterocycles. The number of rotatable bonds is 49. The molecule has 0 aliphatic carbocycles. The minimum absolute atomic E-state index is 0.0643. The maximum absolute atomic E-state index is 12.8. The molecule has 0 fully saturated rings. The van der Waals surface area contributed by atoms with Crippen LogP contribution in [0.5, 0.6) is 0 Å². The summed E-state index contributed by atoms with van der Waals surface area (Å²) in [5.41, 5.74) is 0. The van der Waals surface area contributed by atoms with Gasteiger partial charge in [-0.1, -0.05) is 266 Å². The van der Waals surface area contributed by atoms with Crippen LogP contribution < -0.4 is 0 Å². The number of carbonyl (C=O) groups excluding carboxylic acids is 3. The van der Waals surface area contributed by atoms with Gasteiger partial charge in [0.05, 0.1) is 0 Å². The van der Waals surface area contributed by atoms with Crippen LogP contribution in [0, 0.1) is 11.8 Å². The SMILES string of the molecule is CCCCCCCCCCCCCCCCCCCCCC(=O)O[C@H](COC(=O)CCCCCCCCCCCC(C)C)COC(=O)CCCCCCCCCCC(C)CC. The first-order chi connectivity index (χ1) is 29.8. The number of carbonyl (C=O) groups is 3. The van der Waals surface area contributed by atoms with Crippen LogP contribution in [-0.4, -0.2) is 37.2 Å². The van der Waals surface area contributed by atoms with Gasteiger partial charge in [0.15, 0.2) is 6.10 Å². The molecule has 0 radical (unpaired) electrons. The molecule has 0 heterocycles. The predicted molar refractivity (Wildman–Crippen MR) is 261 cm³/mol. The third-order valence-corrected chi connectivity index (χ3v) is 12.8. The zero-order valence-electron chi connectivity index (χ0n) is 41.8. The quantitative estimate of drug-likeness (QED) is 0.0344. The molecule has 0 bridgehead atoms.